The molecule has 2 aromatic rings. The van der Waals surface area contributed by atoms with Crippen molar-refractivity contribution >= 4 is 23.1 Å². The lowest BCUT2D eigenvalue weighted by Gasteiger charge is -2.41. The van der Waals surface area contributed by atoms with Gasteiger partial charge in [-0.05, 0) is 29.5 Å². The number of aromatic nitrogens is 2. The van der Waals surface area contributed by atoms with Gasteiger partial charge in [0.05, 0.1) is 29.3 Å². The number of allylic oxidation sites excluding steroid dienone is 2. The van der Waals surface area contributed by atoms with E-state index in [2.05, 4.69) is 21.3 Å². The number of carbonyl (C=O) groups is 3. The normalized spacial score (nSPS) is 24.6. The molecule has 1 aliphatic heterocycles. The van der Waals surface area contributed by atoms with Crippen LogP contribution in [0.2, 0.25) is 0 Å². The van der Waals surface area contributed by atoms with Crippen LogP contribution in [0.25, 0.3) is 0 Å². The summed E-state index contributed by atoms with van der Waals surface area (Å²) in [5.74, 6) is -1.89. The number of hydrogen-bond donors (Lipinski definition) is 1. The molecule has 3 aliphatic rings. The first-order chi connectivity index (χ1) is 14.3. The van der Waals surface area contributed by atoms with Crippen LogP contribution in [0.15, 0.2) is 46.7 Å². The molecule has 1 aromatic carbocycles. The summed E-state index contributed by atoms with van der Waals surface area (Å²) in [6, 6.07) is 8.92. The molecule has 7 nitrogen and oxygen atoms in total. The standard InChI is InChI=1S/C23H18N4O3/c1-23(2)7-14-17(15(28)8-23)16(12-5-3-11(9-24)4-6-12)18-20(26-14)22(30)19-13(21(18)29)10-25-27-19/h3-6,10,16-17H,7-8H2,1-2H3,(H,25,27). The second kappa shape index (κ2) is 6.17. The zero-order valence-electron chi connectivity index (χ0n) is 16.5. The van der Waals surface area contributed by atoms with E-state index in [4.69, 9.17) is 5.26 Å². The Bertz CT molecular complexity index is 1240. The summed E-state index contributed by atoms with van der Waals surface area (Å²) in [6.07, 6.45) is 2.30. The number of H-pyrrole nitrogens is 1. The average molecular weight is 398 g/mol. The topological polar surface area (TPSA) is 116 Å². The maximum Gasteiger partial charge on any atom is 0.230 e. The summed E-state index contributed by atoms with van der Waals surface area (Å²) >= 11 is 0. The van der Waals surface area contributed by atoms with Gasteiger partial charge in [-0.3, -0.25) is 24.5 Å². The Morgan fingerprint density at radius 2 is 1.80 bits per heavy atom. The third-order valence-corrected chi connectivity index (χ3v) is 6.14. The lowest BCUT2D eigenvalue weighted by Crippen LogP contribution is -2.45. The molecule has 0 saturated heterocycles. The van der Waals surface area contributed by atoms with Crippen molar-refractivity contribution in [2.45, 2.75) is 32.6 Å². The van der Waals surface area contributed by atoms with Crippen LogP contribution in [0.3, 0.4) is 0 Å². The molecule has 0 bridgehead atoms. The minimum absolute atomic E-state index is 0.0177. The maximum atomic E-state index is 13.4. The van der Waals surface area contributed by atoms with Gasteiger partial charge in [0.25, 0.3) is 0 Å². The van der Waals surface area contributed by atoms with Crippen molar-refractivity contribution in [3.05, 3.63) is 64.1 Å². The molecule has 7 heteroatoms. The van der Waals surface area contributed by atoms with E-state index in [1.54, 1.807) is 24.3 Å². The van der Waals surface area contributed by atoms with Crippen LogP contribution in [-0.4, -0.2) is 33.3 Å². The highest BCUT2D eigenvalue weighted by Gasteiger charge is 2.50. The van der Waals surface area contributed by atoms with E-state index in [-0.39, 0.29) is 45.3 Å². The Labute approximate surface area is 172 Å². The number of ketones is 3. The molecule has 0 radical (unpaired) electrons. The molecule has 1 saturated carbocycles. The summed E-state index contributed by atoms with van der Waals surface area (Å²) < 4.78 is 0. The van der Waals surface area contributed by atoms with Gasteiger partial charge in [-0.2, -0.15) is 10.4 Å². The fourth-order valence-electron chi connectivity index (χ4n) is 4.88. The monoisotopic (exact) mass is 398 g/mol. The van der Waals surface area contributed by atoms with Gasteiger partial charge >= 0.3 is 0 Å². The zero-order valence-corrected chi connectivity index (χ0v) is 16.5. The van der Waals surface area contributed by atoms with Gasteiger partial charge in [-0.15, -0.1) is 0 Å². The number of nitriles is 1. The number of rotatable bonds is 1. The Hall–Kier alpha value is -3.66. The molecular formula is C23H18N4O3. The molecule has 2 aliphatic carbocycles. The number of fused-ring (bicyclic) bond motifs is 2. The smallest absolute Gasteiger partial charge is 0.230 e. The van der Waals surface area contributed by atoms with Crippen molar-refractivity contribution in [3.8, 4) is 6.07 Å². The molecule has 2 heterocycles. The Morgan fingerprint density at radius 1 is 1.07 bits per heavy atom. The van der Waals surface area contributed by atoms with E-state index in [0.29, 0.717) is 24.1 Å². The van der Waals surface area contributed by atoms with Gasteiger partial charge in [0, 0.05) is 23.6 Å². The first-order valence-corrected chi connectivity index (χ1v) is 9.78. The van der Waals surface area contributed by atoms with E-state index < -0.39 is 11.8 Å². The Balaban J connectivity index is 1.75. The highest BCUT2D eigenvalue weighted by atomic mass is 16.1. The molecule has 1 fully saturated rings. The van der Waals surface area contributed by atoms with Crippen LogP contribution in [0.1, 0.15) is 64.6 Å². The number of nitrogens with one attached hydrogen (secondary N) is 1. The summed E-state index contributed by atoms with van der Waals surface area (Å²) in [4.78, 5) is 44.3. The SMILES string of the molecule is CC1(C)CC(=O)C2C(=NC3=C(C(=O)c4cn[nH]c4C3=O)C2c2ccc(C#N)cc2)C1. The van der Waals surface area contributed by atoms with E-state index >= 15 is 0 Å². The minimum atomic E-state index is -0.608. The molecule has 5 rings (SSSR count). The van der Waals surface area contributed by atoms with Crippen LogP contribution in [0.4, 0.5) is 0 Å². The Kier molecular flexibility index (Phi) is 3.78. The second-order valence-corrected chi connectivity index (χ2v) is 8.86. The second-order valence-electron chi connectivity index (χ2n) is 8.86. The highest BCUT2D eigenvalue weighted by molar-refractivity contribution is 6.29. The third-order valence-electron chi connectivity index (χ3n) is 6.14. The maximum absolute atomic E-state index is 13.4. The molecule has 2 atom stereocenters. The molecule has 0 amide bonds. The molecule has 1 aromatic heterocycles. The molecular weight excluding hydrogens is 380 g/mol. The fourth-order valence-corrected chi connectivity index (χ4v) is 4.88. The van der Waals surface area contributed by atoms with Crippen LogP contribution in [0.5, 0.6) is 0 Å². The number of Topliss-reactive ketones (excluding diaryl/α,β-unsaturated/α-hetero) is 3. The average Bonchev–Trinajstić information content (AvgIpc) is 3.20. The number of aromatic amines is 1. The molecule has 30 heavy (non-hydrogen) atoms. The number of nitrogens with zero attached hydrogens (tertiary/aromatic N) is 3. The largest absolute Gasteiger partial charge is 0.299 e. The lowest BCUT2D eigenvalue weighted by molar-refractivity contribution is -0.124. The number of benzene rings is 1. The van der Waals surface area contributed by atoms with E-state index in [0.717, 1.165) is 5.56 Å². The fraction of sp³-hybridized carbons (Fsp3) is 0.304. The highest BCUT2D eigenvalue weighted by Crippen LogP contribution is 2.49. The van der Waals surface area contributed by atoms with Gasteiger partial charge in [-0.25, -0.2) is 0 Å². The van der Waals surface area contributed by atoms with Gasteiger partial charge in [0.1, 0.15) is 17.2 Å². The summed E-state index contributed by atoms with van der Waals surface area (Å²) in [5, 5.41) is 15.6. The van der Waals surface area contributed by atoms with Crippen LogP contribution in [-0.2, 0) is 4.79 Å². The van der Waals surface area contributed by atoms with Gasteiger partial charge < -0.3 is 0 Å². The third kappa shape index (κ3) is 2.53. The van der Waals surface area contributed by atoms with Crippen LogP contribution >= 0.6 is 0 Å². The first kappa shape index (κ1) is 18.4. The van der Waals surface area contributed by atoms with Crippen molar-refractivity contribution in [3.63, 3.8) is 0 Å². The van der Waals surface area contributed by atoms with Crippen molar-refractivity contribution in [2.24, 2.45) is 16.3 Å². The predicted octanol–water partition coefficient (Wildman–Crippen LogP) is 3.16. The van der Waals surface area contributed by atoms with E-state index in [1.165, 1.54) is 6.20 Å². The zero-order chi connectivity index (χ0) is 21.2. The van der Waals surface area contributed by atoms with Crippen molar-refractivity contribution < 1.29 is 14.4 Å². The molecule has 0 spiro atoms. The molecule has 148 valence electrons. The van der Waals surface area contributed by atoms with Crippen LogP contribution in [0, 0.1) is 22.7 Å². The van der Waals surface area contributed by atoms with Crippen molar-refractivity contribution in [1.82, 2.24) is 10.2 Å². The van der Waals surface area contributed by atoms with Gasteiger partial charge in [-0.1, -0.05) is 26.0 Å². The van der Waals surface area contributed by atoms with Gasteiger partial charge in [0.15, 0.2) is 5.78 Å². The van der Waals surface area contributed by atoms with E-state index in [9.17, 15) is 14.4 Å². The summed E-state index contributed by atoms with van der Waals surface area (Å²) in [6.45, 7) is 4.01. The van der Waals surface area contributed by atoms with E-state index in [1.807, 2.05) is 13.8 Å². The number of hydrogen-bond acceptors (Lipinski definition) is 6. The molecule has 1 N–H and O–H groups in total. The van der Waals surface area contributed by atoms with Gasteiger partial charge in [0.2, 0.25) is 5.78 Å². The number of carbonyl (C=O) groups excluding carboxylic acids is 3. The molecule has 2 unspecified atom stereocenters. The first-order valence-electron chi connectivity index (χ1n) is 9.78. The summed E-state index contributed by atoms with van der Waals surface area (Å²) in [5.41, 5.74) is 2.29. The van der Waals surface area contributed by atoms with Crippen molar-refractivity contribution in [1.29, 1.82) is 5.26 Å². The lowest BCUT2D eigenvalue weighted by atomic mass is 9.62. The number of aliphatic imine (C=N–C) groups is 1. The summed E-state index contributed by atoms with van der Waals surface area (Å²) in [7, 11) is 0. The minimum Gasteiger partial charge on any atom is -0.299 e. The predicted molar refractivity (Wildman–Crippen MR) is 107 cm³/mol. The quantitative estimate of drug-likeness (QED) is 0.792. The van der Waals surface area contributed by atoms with Crippen molar-refractivity contribution in [2.75, 3.05) is 0 Å². The van der Waals surface area contributed by atoms with Crippen LogP contribution < -0.4 is 0 Å². The Morgan fingerprint density at radius 3 is 2.50 bits per heavy atom.